The highest BCUT2D eigenvalue weighted by Gasteiger charge is 2.12. The van der Waals surface area contributed by atoms with Gasteiger partial charge in [0, 0.05) is 7.05 Å². The van der Waals surface area contributed by atoms with Gasteiger partial charge in [0.15, 0.2) is 5.82 Å². The Morgan fingerprint density at radius 1 is 1.30 bits per heavy atom. The molecule has 106 valence electrons. The monoisotopic (exact) mass is 292 g/mol. The molecule has 0 aliphatic carbocycles. The highest BCUT2D eigenvalue weighted by Crippen LogP contribution is 2.20. The van der Waals surface area contributed by atoms with Crippen molar-refractivity contribution in [2.45, 2.75) is 12.5 Å². The van der Waals surface area contributed by atoms with E-state index in [1.807, 2.05) is 30.3 Å². The maximum absolute atomic E-state index is 9.50. The lowest BCUT2D eigenvalue weighted by Gasteiger charge is -2.18. The Balaban J connectivity index is 2.10. The molecular weight excluding hydrogens is 276 g/mol. The van der Waals surface area contributed by atoms with Crippen molar-refractivity contribution in [2.24, 2.45) is 0 Å². The van der Waals surface area contributed by atoms with Crippen LogP contribution < -0.4 is 10.6 Å². The van der Waals surface area contributed by atoms with Crippen LogP contribution in [0.3, 0.4) is 0 Å². The van der Waals surface area contributed by atoms with Gasteiger partial charge in [-0.25, -0.2) is 4.98 Å². The molecule has 1 unspecified atom stereocenters. The number of hydrogen-bond donors (Lipinski definition) is 3. The summed E-state index contributed by atoms with van der Waals surface area (Å²) in [6, 6.07) is 9.79. The second-order valence-electron chi connectivity index (χ2n) is 4.35. The fourth-order valence-corrected chi connectivity index (χ4v) is 1.99. The maximum atomic E-state index is 9.50. The lowest BCUT2D eigenvalue weighted by Crippen LogP contribution is -2.27. The molecule has 1 atom stereocenters. The van der Waals surface area contributed by atoms with E-state index in [0.717, 1.165) is 5.56 Å². The van der Waals surface area contributed by atoms with Crippen LogP contribution in [0.4, 0.5) is 11.8 Å². The van der Waals surface area contributed by atoms with Gasteiger partial charge in [0.25, 0.3) is 0 Å². The number of rotatable bonds is 6. The van der Waals surface area contributed by atoms with E-state index in [1.54, 1.807) is 7.05 Å². The third kappa shape index (κ3) is 3.82. The van der Waals surface area contributed by atoms with Crippen LogP contribution in [0.15, 0.2) is 36.5 Å². The van der Waals surface area contributed by atoms with Crippen LogP contribution in [0.1, 0.15) is 5.56 Å². The molecule has 0 amide bonds. The summed E-state index contributed by atoms with van der Waals surface area (Å²) in [5.74, 6) is 0.995. The third-order valence-electron chi connectivity index (χ3n) is 2.85. The van der Waals surface area contributed by atoms with Crippen LogP contribution >= 0.6 is 11.6 Å². The molecule has 0 radical (unpaired) electrons. The average molecular weight is 293 g/mol. The molecule has 20 heavy (non-hydrogen) atoms. The predicted molar refractivity (Wildman–Crippen MR) is 81.2 cm³/mol. The number of nitrogens with one attached hydrogen (secondary N) is 2. The van der Waals surface area contributed by atoms with Crippen LogP contribution in [-0.2, 0) is 6.42 Å². The molecule has 0 spiro atoms. The maximum Gasteiger partial charge on any atom is 0.224 e. The number of anilines is 2. The van der Waals surface area contributed by atoms with Gasteiger partial charge in [-0.05, 0) is 12.0 Å². The molecule has 1 heterocycles. The third-order valence-corrected chi connectivity index (χ3v) is 3.13. The van der Waals surface area contributed by atoms with Gasteiger partial charge in [-0.2, -0.15) is 4.98 Å². The lowest BCUT2D eigenvalue weighted by atomic mass is 10.1. The van der Waals surface area contributed by atoms with Gasteiger partial charge in [0.1, 0.15) is 5.02 Å². The van der Waals surface area contributed by atoms with E-state index in [9.17, 15) is 5.11 Å². The van der Waals surface area contributed by atoms with Crippen molar-refractivity contribution in [1.29, 1.82) is 0 Å². The largest absolute Gasteiger partial charge is 0.394 e. The first-order chi connectivity index (χ1) is 9.72. The number of aliphatic hydroxyl groups is 1. The summed E-state index contributed by atoms with van der Waals surface area (Å²) in [6.45, 7) is -0.00981. The predicted octanol–water partition coefficient (Wildman–Crippen LogP) is 2.19. The molecule has 5 nitrogen and oxygen atoms in total. The Morgan fingerprint density at radius 3 is 2.70 bits per heavy atom. The van der Waals surface area contributed by atoms with Gasteiger partial charge in [0.05, 0.1) is 18.8 Å². The number of hydrogen-bond acceptors (Lipinski definition) is 5. The Labute approximate surface area is 123 Å². The fraction of sp³-hybridized carbons (Fsp3) is 0.286. The molecule has 0 bridgehead atoms. The van der Waals surface area contributed by atoms with Gasteiger partial charge in [-0.15, -0.1) is 0 Å². The number of benzene rings is 1. The van der Waals surface area contributed by atoms with Crippen molar-refractivity contribution in [3.63, 3.8) is 0 Å². The zero-order valence-corrected chi connectivity index (χ0v) is 11.9. The summed E-state index contributed by atoms with van der Waals surface area (Å²) in [5, 5.41) is 15.9. The highest BCUT2D eigenvalue weighted by atomic mass is 35.5. The first-order valence-electron chi connectivity index (χ1n) is 6.34. The Hall–Kier alpha value is -1.85. The Morgan fingerprint density at radius 2 is 2.05 bits per heavy atom. The Kier molecular flexibility index (Phi) is 5.15. The standard InChI is InChI=1S/C14H17ClN4O/c1-16-14-17-8-12(15)13(19-14)18-11(9-20)7-10-5-3-2-4-6-10/h2-6,8,11,20H,7,9H2,1H3,(H2,16,17,18,19). The molecule has 0 aliphatic rings. The van der Waals surface area contributed by atoms with Gasteiger partial charge in [-0.1, -0.05) is 41.9 Å². The molecule has 1 aromatic carbocycles. The van der Waals surface area contributed by atoms with E-state index in [-0.39, 0.29) is 12.6 Å². The molecule has 2 rings (SSSR count). The van der Waals surface area contributed by atoms with Gasteiger partial charge in [-0.3, -0.25) is 0 Å². The summed E-state index contributed by atoms with van der Waals surface area (Å²) < 4.78 is 0. The van der Waals surface area contributed by atoms with Crippen LogP contribution in [0.5, 0.6) is 0 Å². The van der Waals surface area contributed by atoms with Crippen LogP contribution in [0, 0.1) is 0 Å². The quantitative estimate of drug-likeness (QED) is 0.761. The molecule has 3 N–H and O–H groups in total. The van der Waals surface area contributed by atoms with Crippen molar-refractivity contribution in [3.8, 4) is 0 Å². The van der Waals surface area contributed by atoms with Crippen molar-refractivity contribution in [2.75, 3.05) is 24.3 Å². The number of halogens is 1. The SMILES string of the molecule is CNc1ncc(Cl)c(NC(CO)Cc2ccccc2)n1. The summed E-state index contributed by atoms with van der Waals surface area (Å²) in [6.07, 6.45) is 2.21. The molecule has 0 saturated heterocycles. The van der Waals surface area contributed by atoms with E-state index < -0.39 is 0 Å². The van der Waals surface area contributed by atoms with E-state index in [2.05, 4.69) is 20.6 Å². The van der Waals surface area contributed by atoms with Crippen LogP contribution in [0.25, 0.3) is 0 Å². The fourth-order valence-electron chi connectivity index (χ4n) is 1.84. The second kappa shape index (κ2) is 7.07. The first-order valence-corrected chi connectivity index (χ1v) is 6.72. The van der Waals surface area contributed by atoms with E-state index >= 15 is 0 Å². The van der Waals surface area contributed by atoms with Gasteiger partial charge < -0.3 is 15.7 Å². The molecule has 0 aliphatic heterocycles. The van der Waals surface area contributed by atoms with Crippen molar-refractivity contribution in [1.82, 2.24) is 9.97 Å². The van der Waals surface area contributed by atoms with Gasteiger partial charge in [0.2, 0.25) is 5.95 Å². The lowest BCUT2D eigenvalue weighted by molar-refractivity contribution is 0.273. The minimum absolute atomic E-state index is 0.00981. The molecule has 0 saturated carbocycles. The van der Waals surface area contributed by atoms with Crippen molar-refractivity contribution >= 4 is 23.4 Å². The summed E-state index contributed by atoms with van der Waals surface area (Å²) in [5.41, 5.74) is 1.14. The molecule has 1 aromatic heterocycles. The molecular formula is C14H17ClN4O. The normalized spacial score (nSPS) is 11.9. The van der Waals surface area contributed by atoms with Gasteiger partial charge >= 0.3 is 0 Å². The molecule has 6 heteroatoms. The van der Waals surface area contributed by atoms with Crippen LogP contribution in [0.2, 0.25) is 5.02 Å². The van der Waals surface area contributed by atoms with Crippen molar-refractivity contribution < 1.29 is 5.11 Å². The van der Waals surface area contributed by atoms with Crippen LogP contribution in [-0.4, -0.2) is 34.8 Å². The van der Waals surface area contributed by atoms with E-state index in [1.165, 1.54) is 6.20 Å². The minimum Gasteiger partial charge on any atom is -0.394 e. The summed E-state index contributed by atoms with van der Waals surface area (Å²) in [4.78, 5) is 8.26. The number of nitrogens with zero attached hydrogens (tertiary/aromatic N) is 2. The number of aromatic nitrogens is 2. The summed E-state index contributed by atoms with van der Waals surface area (Å²) >= 11 is 6.06. The molecule has 2 aromatic rings. The minimum atomic E-state index is -0.158. The van der Waals surface area contributed by atoms with E-state index in [0.29, 0.717) is 23.2 Å². The highest BCUT2D eigenvalue weighted by molar-refractivity contribution is 6.32. The average Bonchev–Trinajstić information content (AvgIpc) is 2.49. The first kappa shape index (κ1) is 14.6. The topological polar surface area (TPSA) is 70.1 Å². The summed E-state index contributed by atoms with van der Waals surface area (Å²) in [7, 11) is 1.74. The molecule has 0 fully saturated rings. The smallest absolute Gasteiger partial charge is 0.224 e. The zero-order chi connectivity index (χ0) is 14.4. The second-order valence-corrected chi connectivity index (χ2v) is 4.76. The Bertz CT molecular complexity index is 550. The van der Waals surface area contributed by atoms with E-state index in [4.69, 9.17) is 11.6 Å². The van der Waals surface area contributed by atoms with Crippen molar-refractivity contribution in [3.05, 3.63) is 47.1 Å². The zero-order valence-electron chi connectivity index (χ0n) is 11.2. The number of aliphatic hydroxyl groups excluding tert-OH is 1.